The number of hydrogen-bond acceptors (Lipinski definition) is 3. The molecule has 3 nitrogen and oxygen atoms in total. The minimum Gasteiger partial charge on any atom is -0.456 e. The van der Waals surface area contributed by atoms with Crippen molar-refractivity contribution >= 4 is 16.7 Å². The number of methoxy groups -OCH3 is 1. The lowest BCUT2D eigenvalue weighted by Gasteiger charge is -2.28. The van der Waals surface area contributed by atoms with Crippen LogP contribution in [-0.2, 0) is 19.9 Å². The molecular formula is C25H32O3. The highest BCUT2D eigenvalue weighted by molar-refractivity contribution is 5.92. The first-order chi connectivity index (χ1) is 13.3. The Balaban J connectivity index is 2.19. The van der Waals surface area contributed by atoms with Gasteiger partial charge in [-0.2, -0.15) is 0 Å². The van der Waals surface area contributed by atoms with E-state index >= 15 is 0 Å². The normalized spacial score (nSPS) is 15.0. The molecule has 0 saturated carbocycles. The van der Waals surface area contributed by atoms with Crippen molar-refractivity contribution in [3.05, 3.63) is 71.3 Å². The molecule has 0 saturated heterocycles. The molecule has 0 bridgehead atoms. The quantitative estimate of drug-likeness (QED) is 0.397. The number of fused-ring (bicyclic) bond motifs is 1. The van der Waals surface area contributed by atoms with Gasteiger partial charge in [0.25, 0.3) is 0 Å². The van der Waals surface area contributed by atoms with Gasteiger partial charge in [0, 0.05) is 12.7 Å². The molecule has 0 aliphatic carbocycles. The van der Waals surface area contributed by atoms with Gasteiger partial charge in [0.15, 0.2) is 5.60 Å². The number of allylic oxidation sites excluding steroid dienone is 3. The lowest BCUT2D eigenvalue weighted by molar-refractivity contribution is -0.171. The van der Waals surface area contributed by atoms with Crippen LogP contribution < -0.4 is 0 Å². The van der Waals surface area contributed by atoms with Crippen LogP contribution >= 0.6 is 0 Å². The van der Waals surface area contributed by atoms with Crippen LogP contribution in [0.2, 0.25) is 0 Å². The highest BCUT2D eigenvalue weighted by atomic mass is 16.6. The number of ether oxygens (including phenoxy) is 2. The Kier molecular flexibility index (Phi) is 7.59. The molecule has 2 aromatic carbocycles. The summed E-state index contributed by atoms with van der Waals surface area (Å²) < 4.78 is 11.4. The van der Waals surface area contributed by atoms with E-state index in [2.05, 4.69) is 26.8 Å². The van der Waals surface area contributed by atoms with Crippen LogP contribution in [0.15, 0.2) is 65.8 Å². The summed E-state index contributed by atoms with van der Waals surface area (Å²) in [5, 5.41) is 2.06. The Hall–Kier alpha value is -2.39. The van der Waals surface area contributed by atoms with Gasteiger partial charge in [0.2, 0.25) is 0 Å². The van der Waals surface area contributed by atoms with E-state index in [1.807, 2.05) is 55.5 Å². The smallest absolute Gasteiger partial charge is 0.343 e. The van der Waals surface area contributed by atoms with E-state index in [4.69, 9.17) is 9.47 Å². The second-order valence-corrected chi connectivity index (χ2v) is 7.71. The van der Waals surface area contributed by atoms with Crippen molar-refractivity contribution in [2.75, 3.05) is 7.11 Å². The van der Waals surface area contributed by atoms with Gasteiger partial charge in [-0.15, -0.1) is 0 Å². The maximum absolute atomic E-state index is 13.0. The van der Waals surface area contributed by atoms with E-state index in [0.717, 1.165) is 29.2 Å². The number of esters is 1. The summed E-state index contributed by atoms with van der Waals surface area (Å²) in [5.41, 5.74) is 2.17. The van der Waals surface area contributed by atoms with E-state index in [1.165, 1.54) is 11.1 Å². The highest BCUT2D eigenvalue weighted by Gasteiger charge is 2.39. The first-order valence-electron chi connectivity index (χ1n) is 9.83. The summed E-state index contributed by atoms with van der Waals surface area (Å²) in [6.45, 7) is 9.94. The standard InChI is InChI=1S/C25H32O3/c1-18(2)11-9-12-19(3)17-20(4)28-24(26)25(5,27-6)23-16-10-14-21-13-7-8-15-22(21)23/h7-8,10-11,13-17,20H,9,12H2,1-6H3/b19-17+/t20-,25-/m0/s1. The Morgan fingerprint density at radius 3 is 2.46 bits per heavy atom. The van der Waals surface area contributed by atoms with Crippen LogP contribution in [0.3, 0.4) is 0 Å². The molecule has 0 spiro atoms. The zero-order valence-electron chi connectivity index (χ0n) is 17.9. The molecular weight excluding hydrogens is 348 g/mol. The summed E-state index contributed by atoms with van der Waals surface area (Å²) in [6.07, 6.45) is 5.87. The number of benzene rings is 2. The first-order valence-corrected chi connectivity index (χ1v) is 9.83. The lowest BCUT2D eigenvalue weighted by atomic mass is 9.90. The third kappa shape index (κ3) is 5.32. The van der Waals surface area contributed by atoms with E-state index in [1.54, 1.807) is 14.0 Å². The van der Waals surface area contributed by atoms with E-state index in [9.17, 15) is 4.79 Å². The molecule has 2 aromatic rings. The van der Waals surface area contributed by atoms with E-state index in [0.29, 0.717) is 0 Å². The van der Waals surface area contributed by atoms with E-state index in [-0.39, 0.29) is 12.1 Å². The summed E-state index contributed by atoms with van der Waals surface area (Å²) in [6, 6.07) is 13.9. The Labute approximate surface area is 169 Å². The molecule has 28 heavy (non-hydrogen) atoms. The third-order valence-electron chi connectivity index (χ3n) is 5.00. The predicted molar refractivity (Wildman–Crippen MR) is 116 cm³/mol. The Bertz CT molecular complexity index is 869. The van der Waals surface area contributed by atoms with Crippen LogP contribution in [0, 0.1) is 0 Å². The molecule has 0 N–H and O–H groups in total. The molecule has 0 aliphatic rings. The molecule has 0 heterocycles. The van der Waals surface area contributed by atoms with Crippen molar-refractivity contribution in [1.82, 2.24) is 0 Å². The highest BCUT2D eigenvalue weighted by Crippen LogP contribution is 2.33. The minimum absolute atomic E-state index is 0.316. The molecule has 0 aromatic heterocycles. The van der Waals surface area contributed by atoms with Crippen molar-refractivity contribution in [3.8, 4) is 0 Å². The van der Waals surface area contributed by atoms with Crippen LogP contribution in [0.25, 0.3) is 10.8 Å². The fraction of sp³-hybridized carbons (Fsp3) is 0.400. The van der Waals surface area contributed by atoms with Crippen LogP contribution in [0.1, 0.15) is 53.0 Å². The molecule has 0 unspecified atom stereocenters. The van der Waals surface area contributed by atoms with Crippen LogP contribution in [-0.4, -0.2) is 19.2 Å². The molecule has 3 heteroatoms. The van der Waals surface area contributed by atoms with Crippen molar-refractivity contribution in [2.45, 2.75) is 59.2 Å². The van der Waals surface area contributed by atoms with Gasteiger partial charge in [-0.3, -0.25) is 0 Å². The molecule has 0 aliphatic heterocycles. The van der Waals surface area contributed by atoms with Crippen molar-refractivity contribution in [3.63, 3.8) is 0 Å². The van der Waals surface area contributed by atoms with Crippen molar-refractivity contribution in [1.29, 1.82) is 0 Å². The number of rotatable bonds is 8. The molecule has 2 rings (SSSR count). The maximum Gasteiger partial charge on any atom is 0.343 e. The molecule has 2 atom stereocenters. The fourth-order valence-corrected chi connectivity index (χ4v) is 3.33. The summed E-state index contributed by atoms with van der Waals surface area (Å²) >= 11 is 0. The van der Waals surface area contributed by atoms with Crippen LogP contribution in [0.5, 0.6) is 0 Å². The first kappa shape index (κ1) is 21.9. The van der Waals surface area contributed by atoms with Crippen molar-refractivity contribution in [2.24, 2.45) is 0 Å². The van der Waals surface area contributed by atoms with Crippen molar-refractivity contribution < 1.29 is 14.3 Å². The summed E-state index contributed by atoms with van der Waals surface area (Å²) in [7, 11) is 1.55. The van der Waals surface area contributed by atoms with Gasteiger partial charge in [-0.1, -0.05) is 59.7 Å². The molecule has 0 radical (unpaired) electrons. The maximum atomic E-state index is 13.0. The summed E-state index contributed by atoms with van der Waals surface area (Å²) in [5.74, 6) is -0.382. The Morgan fingerprint density at radius 1 is 1.11 bits per heavy atom. The fourth-order valence-electron chi connectivity index (χ4n) is 3.33. The third-order valence-corrected chi connectivity index (χ3v) is 5.00. The lowest BCUT2D eigenvalue weighted by Crippen LogP contribution is -2.38. The summed E-state index contributed by atoms with van der Waals surface area (Å²) in [4.78, 5) is 13.0. The van der Waals surface area contributed by atoms with Gasteiger partial charge in [0.05, 0.1) is 0 Å². The molecule has 0 fully saturated rings. The Morgan fingerprint density at radius 2 is 1.79 bits per heavy atom. The van der Waals surface area contributed by atoms with Gasteiger partial charge >= 0.3 is 5.97 Å². The number of carbonyl (C=O) groups excluding carboxylic acids is 1. The van der Waals surface area contributed by atoms with Crippen LogP contribution in [0.4, 0.5) is 0 Å². The van der Waals surface area contributed by atoms with Gasteiger partial charge in [-0.05, 0) is 64.3 Å². The number of hydrogen-bond donors (Lipinski definition) is 0. The zero-order chi connectivity index (χ0) is 20.7. The predicted octanol–water partition coefficient (Wildman–Crippen LogP) is 6.33. The number of carbonyl (C=O) groups is 1. The second kappa shape index (κ2) is 9.70. The van der Waals surface area contributed by atoms with Gasteiger partial charge in [-0.25, -0.2) is 4.79 Å². The largest absolute Gasteiger partial charge is 0.456 e. The molecule has 0 amide bonds. The molecule has 150 valence electrons. The topological polar surface area (TPSA) is 35.5 Å². The second-order valence-electron chi connectivity index (χ2n) is 7.71. The van der Waals surface area contributed by atoms with E-state index < -0.39 is 5.60 Å². The van der Waals surface area contributed by atoms with Gasteiger partial charge in [0.1, 0.15) is 6.10 Å². The van der Waals surface area contributed by atoms with Gasteiger partial charge < -0.3 is 9.47 Å². The monoisotopic (exact) mass is 380 g/mol. The average Bonchev–Trinajstić information content (AvgIpc) is 2.66. The zero-order valence-corrected chi connectivity index (χ0v) is 17.9. The minimum atomic E-state index is -1.17. The average molecular weight is 381 g/mol. The SMILES string of the molecule is CO[C@](C)(C(=O)O[C@@H](C)/C=C(\C)CCC=C(C)C)c1cccc2ccccc12.